The topological polar surface area (TPSA) is 99.1 Å². The van der Waals surface area contributed by atoms with E-state index in [0.29, 0.717) is 19.4 Å². The van der Waals surface area contributed by atoms with Gasteiger partial charge in [0.25, 0.3) is 5.91 Å². The second-order valence-electron chi connectivity index (χ2n) is 8.11. The number of nitrogens with one attached hydrogen (secondary N) is 1. The zero-order chi connectivity index (χ0) is 23.5. The average molecular weight is 484 g/mol. The molecule has 0 saturated carbocycles. The molecule has 9 heteroatoms. The van der Waals surface area contributed by atoms with Gasteiger partial charge < -0.3 is 15.3 Å². The number of hydrogen-bond donors (Lipinski definition) is 2. The Morgan fingerprint density at radius 2 is 1.69 bits per heavy atom. The molecular weight excluding hydrogens is 453 g/mol. The van der Waals surface area contributed by atoms with Crippen molar-refractivity contribution < 1.29 is 19.5 Å². The van der Waals surface area contributed by atoms with Crippen LogP contribution in [-0.2, 0) is 9.59 Å². The van der Waals surface area contributed by atoms with Crippen molar-refractivity contribution in [2.45, 2.75) is 63.8 Å². The number of hydrogen-bond acceptors (Lipinski definition) is 4. The van der Waals surface area contributed by atoms with E-state index in [1.807, 2.05) is 7.05 Å². The molecule has 0 fully saturated rings. The van der Waals surface area contributed by atoms with Crippen LogP contribution < -0.4 is 5.32 Å². The highest BCUT2D eigenvalue weighted by molar-refractivity contribution is 6.39. The lowest BCUT2D eigenvalue weighted by Crippen LogP contribution is -2.41. The highest BCUT2D eigenvalue weighted by Crippen LogP contribution is 2.24. The zero-order valence-corrected chi connectivity index (χ0v) is 19.9. The number of nitrogens with zero attached hydrogens (tertiary/aromatic N) is 2. The summed E-state index contributed by atoms with van der Waals surface area (Å²) in [5, 5.41) is 12.3. The van der Waals surface area contributed by atoms with E-state index in [4.69, 9.17) is 23.2 Å². The molecule has 0 spiro atoms. The third-order valence-electron chi connectivity index (χ3n) is 5.53. The Balaban J connectivity index is 1.60. The molecule has 32 heavy (non-hydrogen) atoms. The summed E-state index contributed by atoms with van der Waals surface area (Å²) in [6.07, 6.45) is 8.33. The van der Waals surface area contributed by atoms with Crippen molar-refractivity contribution in [2.75, 3.05) is 20.1 Å². The van der Waals surface area contributed by atoms with Gasteiger partial charge in [0.05, 0.1) is 22.2 Å². The summed E-state index contributed by atoms with van der Waals surface area (Å²) in [5.41, 5.74) is 1.20. The third kappa shape index (κ3) is 8.43. The molecule has 0 saturated heterocycles. The van der Waals surface area contributed by atoms with Crippen molar-refractivity contribution in [2.24, 2.45) is 4.99 Å². The van der Waals surface area contributed by atoms with E-state index in [1.165, 1.54) is 0 Å². The predicted molar refractivity (Wildman–Crippen MR) is 127 cm³/mol. The molecule has 1 aromatic carbocycles. The molecule has 2 amide bonds. The van der Waals surface area contributed by atoms with Crippen LogP contribution in [-0.4, -0.2) is 59.7 Å². The van der Waals surface area contributed by atoms with Crippen LogP contribution in [0.2, 0.25) is 10.0 Å². The summed E-state index contributed by atoms with van der Waals surface area (Å²) in [7, 11) is 1.81. The summed E-state index contributed by atoms with van der Waals surface area (Å²) < 4.78 is 0. The van der Waals surface area contributed by atoms with E-state index in [2.05, 4.69) is 10.3 Å². The molecule has 0 aliphatic carbocycles. The number of carboxylic acids is 1. The SMILES string of the molecule is CN1CC(CCCCCCCCC[C@H](NC(=O)c2c(Cl)cccc2Cl)C(=O)O)=NCC1=O. The van der Waals surface area contributed by atoms with Crippen LogP contribution in [0.25, 0.3) is 0 Å². The second kappa shape index (κ2) is 13.4. The van der Waals surface area contributed by atoms with Crippen LogP contribution in [0.3, 0.4) is 0 Å². The average Bonchev–Trinajstić information content (AvgIpc) is 2.73. The van der Waals surface area contributed by atoms with Crippen molar-refractivity contribution in [1.29, 1.82) is 0 Å². The van der Waals surface area contributed by atoms with Gasteiger partial charge in [-0.05, 0) is 31.4 Å². The Hall–Kier alpha value is -2.12. The number of benzene rings is 1. The highest BCUT2D eigenvalue weighted by Gasteiger charge is 2.23. The number of halogens is 2. The van der Waals surface area contributed by atoms with Crippen LogP contribution in [0, 0.1) is 0 Å². The van der Waals surface area contributed by atoms with Gasteiger partial charge in [-0.1, -0.05) is 67.8 Å². The molecule has 176 valence electrons. The lowest BCUT2D eigenvalue weighted by molar-refractivity contribution is -0.139. The lowest BCUT2D eigenvalue weighted by atomic mass is 10.0. The molecular formula is C23H31Cl2N3O4. The fraction of sp³-hybridized carbons (Fsp3) is 0.565. The van der Waals surface area contributed by atoms with Crippen molar-refractivity contribution in [3.05, 3.63) is 33.8 Å². The summed E-state index contributed by atoms with van der Waals surface area (Å²) in [5.74, 6) is -1.57. The Kier molecular flexibility index (Phi) is 11.0. The Labute approximate surface area is 199 Å². The molecule has 7 nitrogen and oxygen atoms in total. The number of rotatable bonds is 13. The Morgan fingerprint density at radius 1 is 1.09 bits per heavy atom. The van der Waals surface area contributed by atoms with Gasteiger partial charge >= 0.3 is 5.97 Å². The first-order valence-electron chi connectivity index (χ1n) is 11.0. The molecule has 0 unspecified atom stereocenters. The van der Waals surface area contributed by atoms with Crippen LogP contribution >= 0.6 is 23.2 Å². The van der Waals surface area contributed by atoms with E-state index in [1.54, 1.807) is 23.1 Å². The standard InChI is InChI=1S/C23H31Cl2N3O4/c1-28-15-16(26-14-20(28)29)10-7-5-3-2-4-6-8-13-19(23(31)32)27-22(30)21-17(24)11-9-12-18(21)25/h9,11-12,19H,2-8,10,13-15H2,1H3,(H,27,30)(H,31,32)/t19-/m0/s1. The zero-order valence-electron chi connectivity index (χ0n) is 18.4. The maximum atomic E-state index is 12.4. The van der Waals surface area contributed by atoms with Gasteiger partial charge in [-0.15, -0.1) is 0 Å². The summed E-state index contributed by atoms with van der Waals surface area (Å²) in [6.45, 7) is 0.915. The van der Waals surface area contributed by atoms with E-state index in [-0.39, 0.29) is 28.1 Å². The van der Waals surface area contributed by atoms with Gasteiger partial charge in [0.1, 0.15) is 12.6 Å². The molecule has 2 N–H and O–H groups in total. The monoisotopic (exact) mass is 483 g/mol. The minimum atomic E-state index is -1.07. The van der Waals surface area contributed by atoms with E-state index >= 15 is 0 Å². The molecule has 1 aliphatic heterocycles. The summed E-state index contributed by atoms with van der Waals surface area (Å²) in [4.78, 5) is 41.4. The quantitative estimate of drug-likeness (QED) is 0.400. The number of unbranched alkanes of at least 4 members (excludes halogenated alkanes) is 6. The molecule has 1 aliphatic rings. The smallest absolute Gasteiger partial charge is 0.326 e. The first-order valence-corrected chi connectivity index (χ1v) is 11.8. The minimum Gasteiger partial charge on any atom is -0.480 e. The van der Waals surface area contributed by atoms with E-state index in [0.717, 1.165) is 50.7 Å². The molecule has 1 atom stereocenters. The van der Waals surface area contributed by atoms with E-state index < -0.39 is 17.9 Å². The van der Waals surface area contributed by atoms with Gasteiger partial charge in [0.2, 0.25) is 5.91 Å². The number of carboxylic acid groups (broad SMARTS) is 1. The van der Waals surface area contributed by atoms with Crippen molar-refractivity contribution >= 4 is 46.7 Å². The predicted octanol–water partition coefficient (Wildman–Crippen LogP) is 4.60. The first kappa shape index (κ1) is 26.1. The number of carbonyl (C=O) groups excluding carboxylic acids is 2. The van der Waals surface area contributed by atoms with Crippen molar-refractivity contribution in [3.8, 4) is 0 Å². The number of carbonyl (C=O) groups is 3. The Bertz CT molecular complexity index is 824. The van der Waals surface area contributed by atoms with Gasteiger partial charge in [0, 0.05) is 12.8 Å². The van der Waals surface area contributed by atoms with Gasteiger partial charge in [-0.3, -0.25) is 14.6 Å². The van der Waals surface area contributed by atoms with Crippen LogP contribution in [0.5, 0.6) is 0 Å². The van der Waals surface area contributed by atoms with Crippen molar-refractivity contribution in [1.82, 2.24) is 10.2 Å². The third-order valence-corrected chi connectivity index (χ3v) is 6.16. The van der Waals surface area contributed by atoms with Gasteiger partial charge in [-0.2, -0.15) is 0 Å². The van der Waals surface area contributed by atoms with Gasteiger partial charge in [0.15, 0.2) is 0 Å². The van der Waals surface area contributed by atoms with Crippen molar-refractivity contribution in [3.63, 3.8) is 0 Å². The Morgan fingerprint density at radius 3 is 2.28 bits per heavy atom. The fourth-order valence-corrected chi connectivity index (χ4v) is 4.20. The largest absolute Gasteiger partial charge is 0.480 e. The fourth-order valence-electron chi connectivity index (χ4n) is 3.63. The molecule has 2 rings (SSSR count). The summed E-state index contributed by atoms with van der Waals surface area (Å²) >= 11 is 12.1. The number of amides is 2. The number of aliphatic imine (C=N–C) groups is 1. The molecule has 1 aromatic rings. The molecule has 1 heterocycles. The number of likely N-dealkylation sites (N-methyl/N-ethyl adjacent to an activating group) is 1. The van der Waals surface area contributed by atoms with E-state index in [9.17, 15) is 19.5 Å². The molecule has 0 aromatic heterocycles. The van der Waals surface area contributed by atoms with Crippen LogP contribution in [0.15, 0.2) is 23.2 Å². The molecule has 0 radical (unpaired) electrons. The van der Waals surface area contributed by atoms with Gasteiger partial charge in [-0.25, -0.2) is 4.79 Å². The molecule has 0 bridgehead atoms. The highest BCUT2D eigenvalue weighted by atomic mass is 35.5. The van der Waals surface area contributed by atoms with Crippen LogP contribution in [0.4, 0.5) is 0 Å². The maximum Gasteiger partial charge on any atom is 0.326 e. The minimum absolute atomic E-state index is 0.0751. The summed E-state index contributed by atoms with van der Waals surface area (Å²) in [6, 6.07) is 3.73. The maximum absolute atomic E-state index is 12.4. The first-order chi connectivity index (χ1) is 15.3. The number of aliphatic carboxylic acids is 1. The lowest BCUT2D eigenvalue weighted by Gasteiger charge is -2.22. The van der Waals surface area contributed by atoms with Crippen LogP contribution in [0.1, 0.15) is 68.1 Å². The second-order valence-corrected chi connectivity index (χ2v) is 8.92. The normalized spacial score (nSPS) is 14.8.